The summed E-state index contributed by atoms with van der Waals surface area (Å²) in [5.41, 5.74) is 0.558. The highest BCUT2D eigenvalue weighted by Crippen LogP contribution is 2.26. The van der Waals surface area contributed by atoms with E-state index in [0.717, 1.165) is 4.88 Å². The molecule has 0 amide bonds. The number of phenolic OH excluding ortho intramolecular Hbond substituents is 1. The van der Waals surface area contributed by atoms with Crippen molar-refractivity contribution >= 4 is 17.3 Å². The number of aromatic hydroxyl groups is 1. The molecule has 0 fully saturated rings. The summed E-state index contributed by atoms with van der Waals surface area (Å²) in [6.07, 6.45) is 0. The van der Waals surface area contributed by atoms with Crippen LogP contribution in [0.1, 0.15) is 16.1 Å². The molecule has 0 spiro atoms. The normalized spacial score (nSPS) is 10.5. The molecule has 6 nitrogen and oxygen atoms in total. The average molecular weight is 331 g/mol. The van der Waals surface area contributed by atoms with Crippen LogP contribution in [0.2, 0.25) is 0 Å². The molecular formula is C16H13NO5S. The second kappa shape index (κ2) is 6.53. The summed E-state index contributed by atoms with van der Waals surface area (Å²) in [4.78, 5) is 12.9. The molecule has 0 atom stereocenters. The van der Waals surface area contributed by atoms with Gasteiger partial charge in [-0.15, -0.1) is 11.3 Å². The summed E-state index contributed by atoms with van der Waals surface area (Å²) in [7, 11) is 1.47. The maximum Gasteiger partial charge on any atom is 0.342 e. The summed E-state index contributed by atoms with van der Waals surface area (Å²) >= 11 is 1.53. The molecule has 3 rings (SSSR count). The van der Waals surface area contributed by atoms with Crippen LogP contribution in [0.25, 0.3) is 10.6 Å². The van der Waals surface area contributed by atoms with Crippen LogP contribution in [0.3, 0.4) is 0 Å². The molecule has 7 heteroatoms. The molecule has 0 saturated heterocycles. The van der Waals surface area contributed by atoms with Gasteiger partial charge in [-0.05, 0) is 23.6 Å². The first-order valence-electron chi connectivity index (χ1n) is 6.71. The molecule has 118 valence electrons. The van der Waals surface area contributed by atoms with E-state index in [1.54, 1.807) is 12.1 Å². The molecule has 0 unspecified atom stereocenters. The van der Waals surface area contributed by atoms with Gasteiger partial charge in [0.2, 0.25) is 0 Å². The van der Waals surface area contributed by atoms with Gasteiger partial charge in [0.15, 0.2) is 5.76 Å². The quantitative estimate of drug-likeness (QED) is 0.721. The van der Waals surface area contributed by atoms with Gasteiger partial charge in [-0.3, -0.25) is 0 Å². The number of thiophene rings is 1. The van der Waals surface area contributed by atoms with Gasteiger partial charge in [0.05, 0.1) is 12.0 Å². The molecule has 1 N–H and O–H groups in total. The van der Waals surface area contributed by atoms with E-state index in [0.29, 0.717) is 17.2 Å². The minimum atomic E-state index is -0.647. The van der Waals surface area contributed by atoms with Crippen molar-refractivity contribution in [3.8, 4) is 22.1 Å². The van der Waals surface area contributed by atoms with Crippen LogP contribution in [0, 0.1) is 0 Å². The minimum Gasteiger partial charge on any atom is -0.507 e. The lowest BCUT2D eigenvalue weighted by Gasteiger charge is -2.06. The molecule has 2 aromatic heterocycles. The number of ether oxygens (including phenoxy) is 2. The molecule has 2 heterocycles. The van der Waals surface area contributed by atoms with Crippen molar-refractivity contribution in [2.24, 2.45) is 0 Å². The zero-order chi connectivity index (χ0) is 16.2. The SMILES string of the molecule is COc1ccc(C(=O)OCc2cc(-c3cccs3)on2)c(O)c1. The van der Waals surface area contributed by atoms with Crippen molar-refractivity contribution in [1.82, 2.24) is 5.16 Å². The fourth-order valence-electron chi connectivity index (χ4n) is 1.94. The second-order valence-electron chi connectivity index (χ2n) is 4.62. The summed E-state index contributed by atoms with van der Waals surface area (Å²) in [5, 5.41) is 15.6. The Bertz CT molecular complexity index is 810. The molecule has 0 saturated carbocycles. The number of carbonyl (C=O) groups excluding carboxylic acids is 1. The largest absolute Gasteiger partial charge is 0.507 e. The van der Waals surface area contributed by atoms with Gasteiger partial charge in [0, 0.05) is 12.1 Å². The fraction of sp³-hybridized carbons (Fsp3) is 0.125. The summed E-state index contributed by atoms with van der Waals surface area (Å²) in [5.74, 6) is 0.231. The molecule has 0 bridgehead atoms. The van der Waals surface area contributed by atoms with Crippen LogP contribution in [-0.4, -0.2) is 23.3 Å². The molecule has 23 heavy (non-hydrogen) atoms. The molecular weight excluding hydrogens is 318 g/mol. The van der Waals surface area contributed by atoms with Gasteiger partial charge in [-0.1, -0.05) is 11.2 Å². The second-order valence-corrected chi connectivity index (χ2v) is 5.57. The van der Waals surface area contributed by atoms with E-state index in [1.165, 1.54) is 30.6 Å². The van der Waals surface area contributed by atoms with Gasteiger partial charge in [0.1, 0.15) is 29.4 Å². The number of nitrogens with zero attached hydrogens (tertiary/aromatic N) is 1. The number of esters is 1. The van der Waals surface area contributed by atoms with Crippen molar-refractivity contribution in [2.45, 2.75) is 6.61 Å². The number of rotatable bonds is 5. The topological polar surface area (TPSA) is 81.8 Å². The predicted octanol–water partition coefficient (Wildman–Crippen LogP) is 3.47. The highest BCUT2D eigenvalue weighted by Gasteiger charge is 2.15. The molecule has 0 aliphatic heterocycles. The smallest absolute Gasteiger partial charge is 0.342 e. The maximum absolute atomic E-state index is 12.0. The number of benzene rings is 1. The average Bonchev–Trinajstić information content (AvgIpc) is 3.23. The van der Waals surface area contributed by atoms with Gasteiger partial charge in [0.25, 0.3) is 0 Å². The van der Waals surface area contributed by atoms with Gasteiger partial charge >= 0.3 is 5.97 Å². The molecule has 0 aliphatic rings. The summed E-state index contributed by atoms with van der Waals surface area (Å²) < 4.78 is 15.3. The third kappa shape index (κ3) is 3.35. The number of hydrogen-bond acceptors (Lipinski definition) is 7. The van der Waals surface area contributed by atoms with Crippen LogP contribution in [0.15, 0.2) is 46.3 Å². The standard InChI is InChI=1S/C16H13NO5S/c1-20-11-4-5-12(13(18)8-11)16(19)21-9-10-7-14(22-17-10)15-3-2-6-23-15/h2-8,18H,9H2,1H3. The van der Waals surface area contributed by atoms with E-state index in [-0.39, 0.29) is 17.9 Å². The Morgan fingerprint density at radius 3 is 2.91 bits per heavy atom. The first-order chi connectivity index (χ1) is 11.2. The van der Waals surface area contributed by atoms with Crippen LogP contribution in [0.4, 0.5) is 0 Å². The Morgan fingerprint density at radius 1 is 1.35 bits per heavy atom. The molecule has 0 aliphatic carbocycles. The van der Waals surface area contributed by atoms with E-state index < -0.39 is 5.97 Å². The summed E-state index contributed by atoms with van der Waals surface area (Å²) in [6.45, 7) is -0.0425. The Balaban J connectivity index is 1.65. The highest BCUT2D eigenvalue weighted by molar-refractivity contribution is 7.13. The maximum atomic E-state index is 12.0. The van der Waals surface area contributed by atoms with Gasteiger partial charge in [-0.25, -0.2) is 4.79 Å². The van der Waals surface area contributed by atoms with Crippen LogP contribution in [-0.2, 0) is 11.3 Å². The van der Waals surface area contributed by atoms with Crippen LogP contribution >= 0.6 is 11.3 Å². The zero-order valence-corrected chi connectivity index (χ0v) is 13.0. The van der Waals surface area contributed by atoms with Crippen molar-refractivity contribution in [3.63, 3.8) is 0 Å². The van der Waals surface area contributed by atoms with Crippen molar-refractivity contribution < 1.29 is 23.9 Å². The van der Waals surface area contributed by atoms with E-state index in [4.69, 9.17) is 14.0 Å². The Hall–Kier alpha value is -2.80. The molecule has 1 aromatic carbocycles. The van der Waals surface area contributed by atoms with E-state index in [1.807, 2.05) is 17.5 Å². The van der Waals surface area contributed by atoms with E-state index in [9.17, 15) is 9.90 Å². The first-order valence-corrected chi connectivity index (χ1v) is 7.59. The minimum absolute atomic E-state index is 0.0425. The van der Waals surface area contributed by atoms with Crippen LogP contribution in [0.5, 0.6) is 11.5 Å². The summed E-state index contributed by atoms with van der Waals surface area (Å²) in [6, 6.07) is 9.90. The Kier molecular flexibility index (Phi) is 4.29. The number of carbonyl (C=O) groups is 1. The zero-order valence-electron chi connectivity index (χ0n) is 12.2. The van der Waals surface area contributed by atoms with Crippen molar-refractivity contribution in [1.29, 1.82) is 0 Å². The Morgan fingerprint density at radius 2 is 2.22 bits per heavy atom. The fourth-order valence-corrected chi connectivity index (χ4v) is 2.62. The predicted molar refractivity (Wildman–Crippen MR) is 83.6 cm³/mol. The molecule has 3 aromatic rings. The van der Waals surface area contributed by atoms with E-state index in [2.05, 4.69) is 5.16 Å². The van der Waals surface area contributed by atoms with Gasteiger partial charge in [-0.2, -0.15) is 0 Å². The first kappa shape index (κ1) is 15.1. The number of hydrogen-bond donors (Lipinski definition) is 1. The van der Waals surface area contributed by atoms with Crippen molar-refractivity contribution in [3.05, 3.63) is 53.0 Å². The monoisotopic (exact) mass is 331 g/mol. The number of aromatic nitrogens is 1. The Labute approximate surface area is 135 Å². The van der Waals surface area contributed by atoms with Crippen molar-refractivity contribution in [2.75, 3.05) is 7.11 Å². The third-order valence-corrected chi connectivity index (χ3v) is 3.98. The highest BCUT2D eigenvalue weighted by atomic mass is 32.1. The van der Waals surface area contributed by atoms with Crippen LogP contribution < -0.4 is 4.74 Å². The lowest BCUT2D eigenvalue weighted by atomic mass is 10.2. The molecule has 0 radical (unpaired) electrons. The third-order valence-electron chi connectivity index (χ3n) is 3.10. The number of phenols is 1. The van der Waals surface area contributed by atoms with Gasteiger partial charge < -0.3 is 19.1 Å². The lowest BCUT2D eigenvalue weighted by Crippen LogP contribution is -2.05. The lowest BCUT2D eigenvalue weighted by molar-refractivity contribution is 0.0461. The number of methoxy groups -OCH3 is 1. The van der Waals surface area contributed by atoms with E-state index >= 15 is 0 Å².